The molecule has 17 heavy (non-hydrogen) atoms. The normalized spacial score (nSPS) is 10.2. The molecule has 0 fully saturated rings. The molecule has 0 aliphatic rings. The summed E-state index contributed by atoms with van der Waals surface area (Å²) in [5.74, 6) is -0.846. The summed E-state index contributed by atoms with van der Waals surface area (Å²) in [6.45, 7) is 0. The average Bonchev–Trinajstić information content (AvgIpc) is 2.70. The Labute approximate surface area is 97.0 Å². The van der Waals surface area contributed by atoms with Gasteiger partial charge in [0.25, 0.3) is 5.91 Å². The summed E-state index contributed by atoms with van der Waals surface area (Å²) in [5.41, 5.74) is 6.55. The van der Waals surface area contributed by atoms with Gasteiger partial charge in [0.1, 0.15) is 11.5 Å². The van der Waals surface area contributed by atoms with Gasteiger partial charge in [-0.3, -0.25) is 9.48 Å². The van der Waals surface area contributed by atoms with Crippen LogP contribution in [0, 0.1) is 5.82 Å². The summed E-state index contributed by atoms with van der Waals surface area (Å²) in [4.78, 5) is 11.8. The molecule has 0 saturated heterocycles. The number of carbonyl (C=O) groups is 1. The highest BCUT2D eigenvalue weighted by Crippen LogP contribution is 2.19. The van der Waals surface area contributed by atoms with Gasteiger partial charge in [0.05, 0.1) is 11.4 Å². The Bertz CT molecular complexity index is 564. The highest BCUT2D eigenvalue weighted by atomic mass is 19.1. The molecule has 0 spiro atoms. The minimum Gasteiger partial charge on any atom is -0.397 e. The van der Waals surface area contributed by atoms with E-state index in [0.717, 1.165) is 0 Å². The van der Waals surface area contributed by atoms with Crippen LogP contribution in [0.4, 0.5) is 15.8 Å². The number of nitrogens with one attached hydrogen (secondary N) is 1. The van der Waals surface area contributed by atoms with Crippen LogP contribution in [0.3, 0.4) is 0 Å². The summed E-state index contributed by atoms with van der Waals surface area (Å²) < 4.78 is 14.4. The van der Waals surface area contributed by atoms with Crippen molar-refractivity contribution in [2.24, 2.45) is 7.05 Å². The first-order chi connectivity index (χ1) is 8.08. The molecule has 1 aromatic carbocycles. The number of halogens is 1. The molecule has 3 N–H and O–H groups in total. The molecule has 0 saturated carbocycles. The number of anilines is 2. The van der Waals surface area contributed by atoms with Gasteiger partial charge in [0.2, 0.25) is 0 Å². The van der Waals surface area contributed by atoms with E-state index >= 15 is 0 Å². The molecule has 0 atom stereocenters. The highest BCUT2D eigenvalue weighted by molar-refractivity contribution is 6.04. The Morgan fingerprint density at radius 1 is 1.47 bits per heavy atom. The van der Waals surface area contributed by atoms with Gasteiger partial charge in [0.15, 0.2) is 0 Å². The molecule has 5 nitrogen and oxygen atoms in total. The lowest BCUT2D eigenvalue weighted by molar-refractivity contribution is 0.101. The second kappa shape index (κ2) is 4.25. The van der Waals surface area contributed by atoms with Crippen LogP contribution in [-0.4, -0.2) is 15.7 Å². The quantitative estimate of drug-likeness (QED) is 0.771. The number of benzene rings is 1. The third-order valence-corrected chi connectivity index (χ3v) is 2.32. The third-order valence-electron chi connectivity index (χ3n) is 2.32. The van der Waals surface area contributed by atoms with Gasteiger partial charge in [-0.15, -0.1) is 0 Å². The van der Waals surface area contributed by atoms with E-state index in [1.165, 1.54) is 29.1 Å². The largest absolute Gasteiger partial charge is 0.397 e. The lowest BCUT2D eigenvalue weighted by atomic mass is 10.2. The van der Waals surface area contributed by atoms with Crippen molar-refractivity contribution in [1.29, 1.82) is 0 Å². The number of hydrogen-bond acceptors (Lipinski definition) is 3. The van der Waals surface area contributed by atoms with Crippen molar-refractivity contribution in [2.45, 2.75) is 0 Å². The maximum absolute atomic E-state index is 13.0. The fourth-order valence-corrected chi connectivity index (χ4v) is 1.42. The van der Waals surface area contributed by atoms with Crippen molar-refractivity contribution >= 4 is 17.3 Å². The van der Waals surface area contributed by atoms with E-state index in [1.807, 2.05) is 0 Å². The zero-order valence-electron chi connectivity index (χ0n) is 9.14. The lowest BCUT2D eigenvalue weighted by Crippen LogP contribution is -2.17. The van der Waals surface area contributed by atoms with Crippen LogP contribution in [0.5, 0.6) is 0 Å². The minimum absolute atomic E-state index is 0.246. The molecule has 2 aromatic rings. The molecule has 0 unspecified atom stereocenters. The topological polar surface area (TPSA) is 72.9 Å². The van der Waals surface area contributed by atoms with Crippen molar-refractivity contribution < 1.29 is 9.18 Å². The summed E-state index contributed by atoms with van der Waals surface area (Å²) in [6, 6.07) is 5.36. The maximum atomic E-state index is 13.0. The van der Waals surface area contributed by atoms with Crippen LogP contribution in [-0.2, 0) is 7.05 Å². The lowest BCUT2D eigenvalue weighted by Gasteiger charge is -2.08. The first-order valence-corrected chi connectivity index (χ1v) is 4.92. The molecule has 0 radical (unpaired) electrons. The number of aryl methyl sites for hydroxylation is 1. The summed E-state index contributed by atoms with van der Waals surface area (Å²) in [7, 11) is 1.64. The molecule has 6 heteroatoms. The molecule has 2 rings (SSSR count). The Hall–Kier alpha value is -2.37. The van der Waals surface area contributed by atoms with E-state index in [1.54, 1.807) is 13.1 Å². The predicted molar refractivity (Wildman–Crippen MR) is 62.0 cm³/mol. The van der Waals surface area contributed by atoms with E-state index in [9.17, 15) is 9.18 Å². The highest BCUT2D eigenvalue weighted by Gasteiger charge is 2.11. The second-order valence-electron chi connectivity index (χ2n) is 3.53. The van der Waals surface area contributed by atoms with Crippen LogP contribution < -0.4 is 11.1 Å². The fraction of sp³-hybridized carbons (Fsp3) is 0.0909. The summed E-state index contributed by atoms with van der Waals surface area (Å²) in [5, 5.41) is 6.40. The van der Waals surface area contributed by atoms with Gasteiger partial charge in [-0.05, 0) is 24.3 Å². The summed E-state index contributed by atoms with van der Waals surface area (Å²) in [6.07, 6.45) is 1.50. The van der Waals surface area contributed by atoms with E-state index in [-0.39, 0.29) is 11.6 Å². The van der Waals surface area contributed by atoms with Gasteiger partial charge in [-0.25, -0.2) is 4.39 Å². The number of amides is 1. The minimum atomic E-state index is -0.459. The van der Waals surface area contributed by atoms with Crippen molar-refractivity contribution in [2.75, 3.05) is 11.1 Å². The summed E-state index contributed by atoms with van der Waals surface area (Å²) >= 11 is 0. The Morgan fingerprint density at radius 3 is 2.88 bits per heavy atom. The van der Waals surface area contributed by atoms with Gasteiger partial charge in [0, 0.05) is 13.2 Å². The van der Waals surface area contributed by atoms with Gasteiger partial charge < -0.3 is 11.1 Å². The molecule has 0 aliphatic heterocycles. The third kappa shape index (κ3) is 2.25. The van der Waals surface area contributed by atoms with Crippen LogP contribution in [0.15, 0.2) is 30.5 Å². The molecule has 0 bridgehead atoms. The number of aromatic nitrogens is 2. The van der Waals surface area contributed by atoms with Crippen LogP contribution in [0.1, 0.15) is 10.5 Å². The van der Waals surface area contributed by atoms with E-state index in [2.05, 4.69) is 10.4 Å². The molecular weight excluding hydrogens is 223 g/mol. The van der Waals surface area contributed by atoms with Crippen molar-refractivity contribution in [3.63, 3.8) is 0 Å². The molecule has 1 amide bonds. The number of nitrogens with two attached hydrogens (primary N) is 1. The average molecular weight is 234 g/mol. The van der Waals surface area contributed by atoms with Crippen molar-refractivity contribution in [1.82, 2.24) is 9.78 Å². The molecule has 88 valence electrons. The smallest absolute Gasteiger partial charge is 0.273 e. The van der Waals surface area contributed by atoms with Gasteiger partial charge >= 0.3 is 0 Å². The number of rotatable bonds is 2. The Balaban J connectivity index is 2.24. The predicted octanol–water partition coefficient (Wildman–Crippen LogP) is 1.39. The zero-order chi connectivity index (χ0) is 12.4. The first-order valence-electron chi connectivity index (χ1n) is 4.92. The van der Waals surface area contributed by atoms with Gasteiger partial charge in [-0.1, -0.05) is 0 Å². The second-order valence-corrected chi connectivity index (χ2v) is 3.53. The maximum Gasteiger partial charge on any atom is 0.273 e. The number of nitrogen functional groups attached to an aromatic ring is 1. The SMILES string of the molecule is Cn1nccc1C(=O)Nc1cc(F)ccc1N. The van der Waals surface area contributed by atoms with Crippen LogP contribution >= 0.6 is 0 Å². The molecule has 1 aromatic heterocycles. The van der Waals surface area contributed by atoms with E-state index < -0.39 is 5.82 Å². The fourth-order valence-electron chi connectivity index (χ4n) is 1.42. The number of nitrogens with zero attached hydrogens (tertiary/aromatic N) is 2. The standard InChI is InChI=1S/C11H11FN4O/c1-16-10(4-5-14-16)11(17)15-9-6-7(12)2-3-8(9)13/h2-6H,13H2,1H3,(H,15,17). The number of carbonyl (C=O) groups excluding carboxylic acids is 1. The monoisotopic (exact) mass is 234 g/mol. The first kappa shape index (κ1) is 11.1. The molecule has 1 heterocycles. The molecular formula is C11H11FN4O. The van der Waals surface area contributed by atoms with Crippen molar-refractivity contribution in [3.05, 3.63) is 42.0 Å². The van der Waals surface area contributed by atoms with Crippen LogP contribution in [0.2, 0.25) is 0 Å². The molecule has 0 aliphatic carbocycles. The van der Waals surface area contributed by atoms with Crippen molar-refractivity contribution in [3.8, 4) is 0 Å². The van der Waals surface area contributed by atoms with E-state index in [4.69, 9.17) is 5.73 Å². The Kier molecular flexibility index (Phi) is 2.78. The number of hydrogen-bond donors (Lipinski definition) is 2. The van der Waals surface area contributed by atoms with E-state index in [0.29, 0.717) is 11.4 Å². The van der Waals surface area contributed by atoms with Gasteiger partial charge in [-0.2, -0.15) is 5.10 Å². The van der Waals surface area contributed by atoms with Crippen LogP contribution in [0.25, 0.3) is 0 Å². The Morgan fingerprint density at radius 2 is 2.24 bits per heavy atom. The zero-order valence-corrected chi connectivity index (χ0v) is 9.14.